The van der Waals surface area contributed by atoms with Gasteiger partial charge in [0.1, 0.15) is 10.5 Å². The zero-order chi connectivity index (χ0) is 15.1. The van der Waals surface area contributed by atoms with Gasteiger partial charge in [-0.05, 0) is 30.2 Å². The van der Waals surface area contributed by atoms with Gasteiger partial charge in [0.15, 0.2) is 0 Å². The van der Waals surface area contributed by atoms with Crippen LogP contribution in [0.2, 0.25) is 0 Å². The molecular formula is C13H17N3O3S2. The lowest BCUT2D eigenvalue weighted by Crippen LogP contribution is -2.41. The quantitative estimate of drug-likeness (QED) is 0.831. The number of aryl methyl sites for hydroxylation is 1. The molecule has 6 nitrogen and oxygen atoms in total. The molecule has 8 heteroatoms. The zero-order valence-electron chi connectivity index (χ0n) is 11.6. The largest absolute Gasteiger partial charge is 0.383 e. The summed E-state index contributed by atoms with van der Waals surface area (Å²) in [5.41, 5.74) is -1.12. The molecule has 21 heavy (non-hydrogen) atoms. The lowest BCUT2D eigenvalue weighted by atomic mass is 9.96. The smallest absolute Gasteiger partial charge is 0.243 e. The molecule has 2 aromatic heterocycles. The van der Waals surface area contributed by atoms with Crippen molar-refractivity contribution in [2.75, 3.05) is 6.54 Å². The highest BCUT2D eigenvalue weighted by Crippen LogP contribution is 2.46. The summed E-state index contributed by atoms with van der Waals surface area (Å²) in [4.78, 5) is 0.910. The average Bonchev–Trinajstić information content (AvgIpc) is 2.97. The van der Waals surface area contributed by atoms with E-state index in [-0.39, 0.29) is 17.4 Å². The second kappa shape index (κ2) is 5.20. The average molecular weight is 327 g/mol. The van der Waals surface area contributed by atoms with Gasteiger partial charge in [-0.15, -0.1) is 11.3 Å². The minimum absolute atomic E-state index is 0.0184. The number of nitrogens with zero attached hydrogens (tertiary/aromatic N) is 2. The fourth-order valence-electron chi connectivity index (χ4n) is 2.34. The molecule has 1 atom stereocenters. The number of nitrogens with one attached hydrogen (secondary N) is 1. The first-order valence-corrected chi connectivity index (χ1v) is 9.03. The first kappa shape index (κ1) is 14.7. The molecule has 1 saturated carbocycles. The van der Waals surface area contributed by atoms with Gasteiger partial charge < -0.3 is 5.11 Å². The normalized spacial score (nSPS) is 18.6. The van der Waals surface area contributed by atoms with Crippen molar-refractivity contribution in [1.29, 1.82) is 0 Å². The molecule has 2 N–H and O–H groups in total. The number of aromatic nitrogens is 2. The molecule has 0 amide bonds. The molecule has 1 aliphatic rings. The van der Waals surface area contributed by atoms with Crippen molar-refractivity contribution in [1.82, 2.24) is 14.5 Å². The van der Waals surface area contributed by atoms with E-state index in [0.717, 1.165) is 17.7 Å². The van der Waals surface area contributed by atoms with Crippen LogP contribution in [0.5, 0.6) is 0 Å². The molecule has 0 bridgehead atoms. The number of hydrogen-bond donors (Lipinski definition) is 2. The highest BCUT2D eigenvalue weighted by atomic mass is 32.2. The van der Waals surface area contributed by atoms with E-state index >= 15 is 0 Å². The molecule has 2 aromatic rings. The Labute approximate surface area is 127 Å². The van der Waals surface area contributed by atoms with E-state index in [1.165, 1.54) is 28.4 Å². The van der Waals surface area contributed by atoms with Gasteiger partial charge in [-0.1, -0.05) is 6.07 Å². The Morgan fingerprint density at radius 2 is 2.33 bits per heavy atom. The molecule has 1 aliphatic carbocycles. The van der Waals surface area contributed by atoms with Gasteiger partial charge in [-0.2, -0.15) is 5.10 Å². The van der Waals surface area contributed by atoms with Gasteiger partial charge in [-0.25, -0.2) is 13.1 Å². The van der Waals surface area contributed by atoms with Crippen molar-refractivity contribution in [3.05, 3.63) is 34.8 Å². The summed E-state index contributed by atoms with van der Waals surface area (Å²) >= 11 is 1.45. The van der Waals surface area contributed by atoms with Crippen LogP contribution in [0.25, 0.3) is 0 Å². The molecule has 0 aliphatic heterocycles. The maximum atomic E-state index is 12.2. The monoisotopic (exact) mass is 327 g/mol. The van der Waals surface area contributed by atoms with Crippen LogP contribution in [-0.2, 0) is 22.7 Å². The summed E-state index contributed by atoms with van der Waals surface area (Å²) in [5, 5.41) is 16.6. The third-order valence-corrected chi connectivity index (χ3v) is 6.12. The van der Waals surface area contributed by atoms with Crippen molar-refractivity contribution in [3.8, 4) is 0 Å². The fraction of sp³-hybridized carbons (Fsp3) is 0.462. The molecule has 1 fully saturated rings. The van der Waals surface area contributed by atoms with Crippen LogP contribution >= 0.6 is 11.3 Å². The van der Waals surface area contributed by atoms with Crippen LogP contribution in [0.1, 0.15) is 17.7 Å². The summed E-state index contributed by atoms with van der Waals surface area (Å²) in [6, 6.07) is 3.71. The molecule has 1 unspecified atom stereocenters. The number of hydrogen-bond acceptors (Lipinski definition) is 5. The van der Waals surface area contributed by atoms with Gasteiger partial charge in [0.2, 0.25) is 10.0 Å². The van der Waals surface area contributed by atoms with Crippen LogP contribution < -0.4 is 4.72 Å². The first-order valence-electron chi connectivity index (χ1n) is 6.66. The Kier molecular flexibility index (Phi) is 3.64. The topological polar surface area (TPSA) is 84.2 Å². The molecule has 2 heterocycles. The first-order chi connectivity index (χ1) is 9.92. The highest BCUT2D eigenvalue weighted by Gasteiger charge is 2.46. The van der Waals surface area contributed by atoms with Crippen LogP contribution in [0.3, 0.4) is 0 Å². The van der Waals surface area contributed by atoms with Crippen molar-refractivity contribution < 1.29 is 13.5 Å². The van der Waals surface area contributed by atoms with Crippen LogP contribution in [0.15, 0.2) is 34.8 Å². The van der Waals surface area contributed by atoms with E-state index in [9.17, 15) is 13.5 Å². The Bertz CT molecular complexity index is 720. The van der Waals surface area contributed by atoms with Crippen molar-refractivity contribution in [2.45, 2.75) is 23.3 Å². The Hall–Kier alpha value is -1.22. The zero-order valence-corrected chi connectivity index (χ0v) is 13.2. The number of thiophene rings is 1. The van der Waals surface area contributed by atoms with Gasteiger partial charge in [0, 0.05) is 24.7 Å². The predicted octanol–water partition coefficient (Wildman–Crippen LogP) is 1.06. The second-order valence-corrected chi connectivity index (χ2v) is 8.06. The highest BCUT2D eigenvalue weighted by molar-refractivity contribution is 7.89. The summed E-state index contributed by atoms with van der Waals surface area (Å²) in [5.74, 6) is 0.118. The SMILES string of the molecule is Cn1cc(S(=O)(=O)NCC(O)(c2cccs2)C2CC2)cn1. The molecule has 0 spiro atoms. The molecule has 0 radical (unpaired) electrons. The van der Waals surface area contributed by atoms with Crippen molar-refractivity contribution >= 4 is 21.4 Å². The molecule has 114 valence electrons. The molecule has 0 saturated heterocycles. The minimum atomic E-state index is -3.66. The summed E-state index contributed by atoms with van der Waals surface area (Å²) in [7, 11) is -2.00. The number of aliphatic hydroxyl groups is 1. The second-order valence-electron chi connectivity index (χ2n) is 5.35. The molecule has 0 aromatic carbocycles. The van der Waals surface area contributed by atoms with E-state index in [0.29, 0.717) is 0 Å². The minimum Gasteiger partial charge on any atom is -0.383 e. The summed E-state index contributed by atoms with van der Waals surface area (Å²) in [6.45, 7) is -0.0184. The molecular weight excluding hydrogens is 310 g/mol. The summed E-state index contributed by atoms with van der Waals surface area (Å²) < 4.78 is 28.4. The molecule has 3 rings (SSSR count). The van der Waals surface area contributed by atoms with Crippen LogP contribution in [0, 0.1) is 5.92 Å². The Balaban J connectivity index is 1.79. The van der Waals surface area contributed by atoms with E-state index in [4.69, 9.17) is 0 Å². The van der Waals surface area contributed by atoms with Gasteiger partial charge in [0.25, 0.3) is 0 Å². The Morgan fingerprint density at radius 3 is 2.86 bits per heavy atom. The maximum Gasteiger partial charge on any atom is 0.243 e. The van der Waals surface area contributed by atoms with E-state index < -0.39 is 15.6 Å². The maximum absolute atomic E-state index is 12.2. The van der Waals surface area contributed by atoms with Gasteiger partial charge in [-0.3, -0.25) is 4.68 Å². The van der Waals surface area contributed by atoms with Gasteiger partial charge in [0.05, 0.1) is 6.20 Å². The Morgan fingerprint density at radius 1 is 1.57 bits per heavy atom. The van der Waals surface area contributed by atoms with E-state index in [2.05, 4.69) is 9.82 Å². The third-order valence-electron chi connectivity index (χ3n) is 3.72. The van der Waals surface area contributed by atoms with Crippen molar-refractivity contribution in [2.24, 2.45) is 13.0 Å². The standard InChI is InChI=1S/C13H17N3O3S2/c1-16-8-11(7-14-16)21(18,19)15-9-13(17,10-4-5-10)12-3-2-6-20-12/h2-3,6-8,10,15,17H,4-5,9H2,1H3. The fourth-order valence-corrected chi connectivity index (χ4v) is 4.30. The lowest BCUT2D eigenvalue weighted by Gasteiger charge is -2.27. The lowest BCUT2D eigenvalue weighted by molar-refractivity contribution is 0.0222. The summed E-state index contributed by atoms with van der Waals surface area (Å²) in [6.07, 6.45) is 4.57. The van der Waals surface area contributed by atoms with Crippen LogP contribution in [-0.4, -0.2) is 29.8 Å². The van der Waals surface area contributed by atoms with Gasteiger partial charge >= 0.3 is 0 Å². The number of sulfonamides is 1. The van der Waals surface area contributed by atoms with E-state index in [1.807, 2.05) is 17.5 Å². The van der Waals surface area contributed by atoms with Crippen molar-refractivity contribution in [3.63, 3.8) is 0 Å². The van der Waals surface area contributed by atoms with Crippen LogP contribution in [0.4, 0.5) is 0 Å². The van der Waals surface area contributed by atoms with E-state index in [1.54, 1.807) is 7.05 Å². The number of rotatable bonds is 6. The predicted molar refractivity (Wildman–Crippen MR) is 79.3 cm³/mol. The third kappa shape index (κ3) is 2.89.